The first-order chi connectivity index (χ1) is 6.77. The molecule has 0 atom stereocenters. The zero-order valence-electron chi connectivity index (χ0n) is 7.54. The summed E-state index contributed by atoms with van der Waals surface area (Å²) in [6, 6.07) is 1.36. The fraction of sp³-hybridized carbons (Fsp3) is 0.500. The number of aromatic amines is 1. The van der Waals surface area contributed by atoms with Crippen LogP contribution in [-0.4, -0.2) is 34.8 Å². The van der Waals surface area contributed by atoms with Crippen molar-refractivity contribution < 1.29 is 0 Å². The van der Waals surface area contributed by atoms with Crippen molar-refractivity contribution in [2.24, 2.45) is 0 Å². The second-order valence-corrected chi connectivity index (χ2v) is 3.38. The average molecular weight is 236 g/mol. The van der Waals surface area contributed by atoms with Crippen LogP contribution in [0, 0.1) is 0 Å². The first-order valence-electron chi connectivity index (χ1n) is 4.20. The molecule has 0 saturated carbocycles. The highest BCUT2D eigenvalue weighted by Gasteiger charge is 2.06. The van der Waals surface area contributed by atoms with Crippen molar-refractivity contribution >= 4 is 29.2 Å². The van der Waals surface area contributed by atoms with Crippen molar-refractivity contribution in [1.29, 1.82) is 0 Å². The second-order valence-electron chi connectivity index (χ2n) is 2.62. The maximum atomic E-state index is 11.0. The predicted octanol–water partition coefficient (Wildman–Crippen LogP) is 1.05. The third-order valence-electron chi connectivity index (χ3n) is 1.67. The molecule has 0 bridgehead atoms. The van der Waals surface area contributed by atoms with Gasteiger partial charge in [-0.2, -0.15) is 0 Å². The van der Waals surface area contributed by atoms with Crippen LogP contribution in [0.1, 0.15) is 0 Å². The van der Waals surface area contributed by atoms with E-state index in [2.05, 4.69) is 9.97 Å². The molecule has 1 aromatic rings. The van der Waals surface area contributed by atoms with Gasteiger partial charge < -0.3 is 4.90 Å². The van der Waals surface area contributed by atoms with E-state index in [1.807, 2.05) is 4.90 Å². The molecule has 78 valence electrons. The lowest BCUT2D eigenvalue weighted by Gasteiger charge is -2.20. The van der Waals surface area contributed by atoms with Crippen LogP contribution in [0.25, 0.3) is 0 Å². The number of nitrogens with one attached hydrogen (secondary N) is 1. The molecule has 1 aromatic heterocycles. The monoisotopic (exact) mass is 235 g/mol. The normalized spacial score (nSPS) is 10.1. The zero-order chi connectivity index (χ0) is 10.4. The molecule has 0 spiro atoms. The Hall–Kier alpha value is -0.740. The second kappa shape index (κ2) is 5.88. The number of nitrogens with zero attached hydrogens (tertiary/aromatic N) is 2. The van der Waals surface area contributed by atoms with Crippen molar-refractivity contribution in [1.82, 2.24) is 9.97 Å². The Morgan fingerprint density at radius 3 is 2.50 bits per heavy atom. The first kappa shape index (κ1) is 11.3. The molecule has 0 saturated heterocycles. The smallest absolute Gasteiger partial charge is 0.252 e. The van der Waals surface area contributed by atoms with E-state index in [9.17, 15) is 4.79 Å². The molecule has 0 amide bonds. The minimum Gasteiger partial charge on any atom is -0.340 e. The largest absolute Gasteiger partial charge is 0.340 e. The van der Waals surface area contributed by atoms with Gasteiger partial charge in [-0.25, -0.2) is 4.98 Å². The zero-order valence-corrected chi connectivity index (χ0v) is 9.05. The van der Waals surface area contributed by atoms with Crippen LogP contribution in [0.2, 0.25) is 0 Å². The Morgan fingerprint density at radius 1 is 1.36 bits per heavy atom. The number of aromatic nitrogens is 2. The lowest BCUT2D eigenvalue weighted by atomic mass is 10.5. The number of rotatable bonds is 5. The van der Waals surface area contributed by atoms with Gasteiger partial charge in [-0.05, 0) is 0 Å². The van der Waals surface area contributed by atoms with Crippen LogP contribution in [0.4, 0.5) is 5.95 Å². The van der Waals surface area contributed by atoms with Gasteiger partial charge in [0.15, 0.2) is 0 Å². The summed E-state index contributed by atoms with van der Waals surface area (Å²) in [5.74, 6) is 1.45. The number of hydrogen-bond donors (Lipinski definition) is 1. The lowest BCUT2D eigenvalue weighted by Crippen LogP contribution is -2.30. The van der Waals surface area contributed by atoms with E-state index in [1.165, 1.54) is 12.3 Å². The number of hydrogen-bond acceptors (Lipinski definition) is 3. The van der Waals surface area contributed by atoms with Crippen LogP contribution < -0.4 is 10.5 Å². The van der Waals surface area contributed by atoms with E-state index < -0.39 is 0 Å². The molecule has 4 nitrogen and oxygen atoms in total. The van der Waals surface area contributed by atoms with E-state index in [-0.39, 0.29) is 5.56 Å². The van der Waals surface area contributed by atoms with E-state index in [0.717, 1.165) is 0 Å². The van der Waals surface area contributed by atoms with Crippen molar-refractivity contribution in [3.05, 3.63) is 22.6 Å². The Bertz CT molecular complexity index is 322. The van der Waals surface area contributed by atoms with Crippen LogP contribution in [-0.2, 0) is 0 Å². The third kappa shape index (κ3) is 3.20. The molecule has 6 heteroatoms. The van der Waals surface area contributed by atoms with Crippen molar-refractivity contribution in [2.45, 2.75) is 0 Å². The van der Waals surface area contributed by atoms with E-state index in [0.29, 0.717) is 30.8 Å². The van der Waals surface area contributed by atoms with Gasteiger partial charge in [0.25, 0.3) is 5.56 Å². The Morgan fingerprint density at radius 2 is 2.00 bits per heavy atom. The summed E-state index contributed by atoms with van der Waals surface area (Å²) in [5.41, 5.74) is -0.177. The molecular formula is C8H11Cl2N3O. The molecule has 1 rings (SSSR count). The van der Waals surface area contributed by atoms with Gasteiger partial charge in [-0.15, -0.1) is 23.2 Å². The SMILES string of the molecule is O=c1ccnc(N(CCCl)CCCl)[nH]1. The van der Waals surface area contributed by atoms with Gasteiger partial charge in [-0.3, -0.25) is 9.78 Å². The van der Waals surface area contributed by atoms with Gasteiger partial charge in [0.05, 0.1) is 0 Å². The molecule has 0 aliphatic rings. The summed E-state index contributed by atoms with van der Waals surface area (Å²) in [4.78, 5) is 19.5. The molecule has 0 fully saturated rings. The summed E-state index contributed by atoms with van der Waals surface area (Å²) >= 11 is 11.2. The molecule has 0 aromatic carbocycles. The van der Waals surface area contributed by atoms with Crippen molar-refractivity contribution in [3.63, 3.8) is 0 Å². The lowest BCUT2D eigenvalue weighted by molar-refractivity contribution is 0.822. The number of anilines is 1. The molecule has 1 N–H and O–H groups in total. The summed E-state index contributed by atoms with van der Waals surface area (Å²) in [6.45, 7) is 1.22. The summed E-state index contributed by atoms with van der Waals surface area (Å²) in [5, 5.41) is 0. The summed E-state index contributed by atoms with van der Waals surface area (Å²) < 4.78 is 0. The molecule has 0 aliphatic heterocycles. The van der Waals surface area contributed by atoms with Crippen LogP contribution in [0.3, 0.4) is 0 Å². The molecule has 0 unspecified atom stereocenters. The first-order valence-corrected chi connectivity index (χ1v) is 5.27. The van der Waals surface area contributed by atoms with Gasteiger partial charge in [-0.1, -0.05) is 0 Å². The third-order valence-corrected chi connectivity index (χ3v) is 2.00. The highest BCUT2D eigenvalue weighted by molar-refractivity contribution is 6.18. The number of H-pyrrole nitrogens is 1. The maximum Gasteiger partial charge on any atom is 0.252 e. The Kier molecular flexibility index (Phi) is 4.76. The molecule has 14 heavy (non-hydrogen) atoms. The molecule has 0 radical (unpaired) electrons. The molecular weight excluding hydrogens is 225 g/mol. The predicted molar refractivity (Wildman–Crippen MR) is 58.5 cm³/mol. The standard InChI is InChI=1S/C8H11Cl2N3O/c9-2-5-13(6-3-10)8-11-4-1-7(14)12-8/h1,4H,2-3,5-6H2,(H,11,12,14). The average Bonchev–Trinajstić information content (AvgIpc) is 2.17. The Balaban J connectivity index is 2.81. The quantitative estimate of drug-likeness (QED) is 0.777. The minimum absolute atomic E-state index is 0.177. The van der Waals surface area contributed by atoms with E-state index in [4.69, 9.17) is 23.2 Å². The summed E-state index contributed by atoms with van der Waals surface area (Å²) in [6.07, 6.45) is 1.46. The highest BCUT2D eigenvalue weighted by Crippen LogP contribution is 2.03. The molecule has 1 heterocycles. The topological polar surface area (TPSA) is 49.0 Å². The minimum atomic E-state index is -0.177. The number of halogens is 2. The van der Waals surface area contributed by atoms with Crippen LogP contribution in [0.5, 0.6) is 0 Å². The number of alkyl halides is 2. The van der Waals surface area contributed by atoms with E-state index >= 15 is 0 Å². The Labute approximate surface area is 91.9 Å². The highest BCUT2D eigenvalue weighted by atomic mass is 35.5. The van der Waals surface area contributed by atoms with Crippen LogP contribution in [0.15, 0.2) is 17.1 Å². The van der Waals surface area contributed by atoms with Crippen molar-refractivity contribution in [2.75, 3.05) is 29.7 Å². The van der Waals surface area contributed by atoms with E-state index in [1.54, 1.807) is 0 Å². The summed E-state index contributed by atoms with van der Waals surface area (Å²) in [7, 11) is 0. The van der Waals surface area contributed by atoms with Crippen LogP contribution >= 0.6 is 23.2 Å². The fourth-order valence-corrected chi connectivity index (χ4v) is 1.46. The van der Waals surface area contributed by atoms with Gasteiger partial charge in [0, 0.05) is 37.1 Å². The van der Waals surface area contributed by atoms with Gasteiger partial charge in [0.1, 0.15) is 0 Å². The van der Waals surface area contributed by atoms with Gasteiger partial charge in [0.2, 0.25) is 5.95 Å². The maximum absolute atomic E-state index is 11.0. The molecule has 0 aliphatic carbocycles. The van der Waals surface area contributed by atoms with Crippen molar-refractivity contribution in [3.8, 4) is 0 Å². The fourth-order valence-electron chi connectivity index (χ4n) is 1.05. The van der Waals surface area contributed by atoms with Gasteiger partial charge >= 0.3 is 0 Å².